The number of ether oxygens (including phenoxy) is 3. The fourth-order valence-corrected chi connectivity index (χ4v) is 2.13. The van der Waals surface area contributed by atoms with Crippen LogP contribution in [-0.2, 0) is 23.8 Å². The van der Waals surface area contributed by atoms with Gasteiger partial charge < -0.3 is 24.8 Å². The molecule has 2 aliphatic heterocycles. The van der Waals surface area contributed by atoms with E-state index >= 15 is 0 Å². The molecule has 9 heteroatoms. The van der Waals surface area contributed by atoms with E-state index in [1.54, 1.807) is 0 Å². The number of aliphatic imine (C=N–C) groups is 1. The number of halogens is 1. The number of nitrogens with zero attached hydrogens (tertiary/aromatic N) is 2. The van der Waals surface area contributed by atoms with Crippen LogP contribution < -0.4 is 5.73 Å². The molecule has 0 aliphatic carbocycles. The summed E-state index contributed by atoms with van der Waals surface area (Å²) in [5.41, 5.74) is 5.33. The smallest absolute Gasteiger partial charge is 0.303 e. The van der Waals surface area contributed by atoms with Crippen LogP contribution in [0.5, 0.6) is 0 Å². The lowest BCUT2D eigenvalue weighted by Gasteiger charge is -2.31. The van der Waals surface area contributed by atoms with E-state index in [1.807, 2.05) is 0 Å². The molecule has 0 spiro atoms. The van der Waals surface area contributed by atoms with Crippen LogP contribution in [0.15, 0.2) is 17.0 Å². The third kappa shape index (κ3) is 3.48. The zero-order chi connectivity index (χ0) is 15.6. The van der Waals surface area contributed by atoms with Gasteiger partial charge in [-0.1, -0.05) is 0 Å². The predicted molar refractivity (Wildman–Crippen MR) is 68.4 cm³/mol. The molecular weight excluding hydrogens is 285 g/mol. The van der Waals surface area contributed by atoms with Crippen LogP contribution in [0.1, 0.15) is 13.8 Å². The lowest BCUT2D eigenvalue weighted by atomic mass is 10.2. The van der Waals surface area contributed by atoms with Gasteiger partial charge in [0.25, 0.3) is 0 Å². The van der Waals surface area contributed by atoms with Crippen molar-refractivity contribution in [2.24, 2.45) is 10.7 Å². The molecule has 2 rings (SSSR count). The number of hydrogen-bond acceptors (Lipinski definition) is 8. The quantitative estimate of drug-likeness (QED) is 0.710. The fraction of sp³-hybridized carbons (Fsp3) is 0.583. The van der Waals surface area contributed by atoms with E-state index in [4.69, 9.17) is 19.9 Å². The topological polar surface area (TPSA) is 103 Å². The van der Waals surface area contributed by atoms with Crippen molar-refractivity contribution in [1.29, 1.82) is 0 Å². The van der Waals surface area contributed by atoms with Crippen LogP contribution in [0.3, 0.4) is 0 Å². The maximum absolute atomic E-state index is 13.5. The lowest BCUT2D eigenvalue weighted by Crippen LogP contribution is -2.46. The first-order valence-electron chi connectivity index (χ1n) is 6.28. The molecule has 116 valence electrons. The number of nitrogens with two attached hydrogens (primary N) is 1. The van der Waals surface area contributed by atoms with Gasteiger partial charge in [-0.25, -0.2) is 9.38 Å². The van der Waals surface area contributed by atoms with Crippen molar-refractivity contribution in [3.8, 4) is 0 Å². The van der Waals surface area contributed by atoms with E-state index in [0.29, 0.717) is 0 Å². The van der Waals surface area contributed by atoms with Gasteiger partial charge in [-0.3, -0.25) is 9.59 Å². The Labute approximate surface area is 120 Å². The Morgan fingerprint density at radius 3 is 2.67 bits per heavy atom. The van der Waals surface area contributed by atoms with Crippen LogP contribution in [0.25, 0.3) is 0 Å². The van der Waals surface area contributed by atoms with Gasteiger partial charge in [-0.2, -0.15) is 0 Å². The van der Waals surface area contributed by atoms with E-state index < -0.39 is 36.2 Å². The minimum atomic E-state index is -0.870. The monoisotopic (exact) mass is 301 g/mol. The second kappa shape index (κ2) is 6.08. The molecule has 1 fully saturated rings. The molecule has 0 aromatic carbocycles. The minimum Gasteiger partial charge on any atom is -0.456 e. The second-order valence-corrected chi connectivity index (χ2v) is 4.62. The molecule has 2 heterocycles. The minimum absolute atomic E-state index is 0.0351. The Bertz CT molecular complexity index is 507. The van der Waals surface area contributed by atoms with Crippen molar-refractivity contribution in [3.05, 3.63) is 12.0 Å². The van der Waals surface area contributed by atoms with E-state index in [0.717, 1.165) is 6.20 Å². The molecule has 21 heavy (non-hydrogen) atoms. The molecule has 3 atom stereocenters. The number of esters is 2. The predicted octanol–water partition coefficient (Wildman–Crippen LogP) is -0.353. The molecule has 8 nitrogen and oxygen atoms in total. The van der Waals surface area contributed by atoms with Crippen molar-refractivity contribution in [1.82, 2.24) is 4.90 Å². The first kappa shape index (κ1) is 15.2. The summed E-state index contributed by atoms with van der Waals surface area (Å²) >= 11 is 0. The molecule has 0 amide bonds. The van der Waals surface area contributed by atoms with E-state index in [9.17, 15) is 14.0 Å². The van der Waals surface area contributed by atoms with E-state index in [1.165, 1.54) is 18.7 Å². The standard InChI is InChI=1S/C12H16FN3O5/c1-6(17)20-9-4-19-12(10(9)21-7(2)18)16-3-8(13)11(14)15-5-16/h3,9-10,12H,4-5H2,1-2H3,(H2,14,15). The summed E-state index contributed by atoms with van der Waals surface area (Å²) in [5.74, 6) is -1.99. The summed E-state index contributed by atoms with van der Waals surface area (Å²) < 4.78 is 29.1. The number of hydrogen-bond donors (Lipinski definition) is 1. The van der Waals surface area contributed by atoms with Gasteiger partial charge in [0.05, 0.1) is 6.61 Å². The number of amidine groups is 1. The molecule has 0 radical (unpaired) electrons. The summed E-state index contributed by atoms with van der Waals surface area (Å²) in [5, 5.41) is 0. The van der Waals surface area contributed by atoms with E-state index in [-0.39, 0.29) is 19.1 Å². The molecular formula is C12H16FN3O5. The third-order valence-electron chi connectivity index (χ3n) is 2.95. The highest BCUT2D eigenvalue weighted by atomic mass is 19.1. The largest absolute Gasteiger partial charge is 0.456 e. The first-order valence-corrected chi connectivity index (χ1v) is 6.28. The summed E-state index contributed by atoms with van der Waals surface area (Å²) in [4.78, 5) is 27.4. The summed E-state index contributed by atoms with van der Waals surface area (Å²) in [6, 6.07) is 0. The van der Waals surface area contributed by atoms with Crippen molar-refractivity contribution < 1.29 is 28.2 Å². The highest BCUT2D eigenvalue weighted by Gasteiger charge is 2.45. The normalized spacial score (nSPS) is 28.7. The lowest BCUT2D eigenvalue weighted by molar-refractivity contribution is -0.166. The zero-order valence-corrected chi connectivity index (χ0v) is 11.6. The van der Waals surface area contributed by atoms with Gasteiger partial charge in [0, 0.05) is 20.0 Å². The Morgan fingerprint density at radius 1 is 1.43 bits per heavy atom. The summed E-state index contributed by atoms with van der Waals surface area (Å²) in [7, 11) is 0. The number of carbonyl (C=O) groups is 2. The molecule has 1 saturated heterocycles. The third-order valence-corrected chi connectivity index (χ3v) is 2.95. The zero-order valence-electron chi connectivity index (χ0n) is 11.6. The first-order chi connectivity index (χ1) is 9.88. The van der Waals surface area contributed by atoms with Crippen molar-refractivity contribution in [2.75, 3.05) is 13.3 Å². The van der Waals surface area contributed by atoms with Crippen LogP contribution in [0.2, 0.25) is 0 Å². The van der Waals surface area contributed by atoms with Gasteiger partial charge in [-0.05, 0) is 0 Å². The maximum Gasteiger partial charge on any atom is 0.303 e. The van der Waals surface area contributed by atoms with Gasteiger partial charge in [-0.15, -0.1) is 0 Å². The highest BCUT2D eigenvalue weighted by Crippen LogP contribution is 2.26. The molecule has 0 aromatic heterocycles. The van der Waals surface area contributed by atoms with Gasteiger partial charge in [0.2, 0.25) is 0 Å². The van der Waals surface area contributed by atoms with Crippen molar-refractivity contribution >= 4 is 17.8 Å². The average Bonchev–Trinajstić information content (AvgIpc) is 2.74. The molecule has 2 N–H and O–H groups in total. The molecule has 0 bridgehead atoms. The van der Waals surface area contributed by atoms with Crippen molar-refractivity contribution in [2.45, 2.75) is 32.3 Å². The van der Waals surface area contributed by atoms with Crippen molar-refractivity contribution in [3.63, 3.8) is 0 Å². The van der Waals surface area contributed by atoms with Crippen LogP contribution in [0.4, 0.5) is 4.39 Å². The van der Waals surface area contributed by atoms with Gasteiger partial charge >= 0.3 is 11.9 Å². The Morgan fingerprint density at radius 2 is 2.10 bits per heavy atom. The number of rotatable bonds is 3. The average molecular weight is 301 g/mol. The van der Waals surface area contributed by atoms with Gasteiger partial charge in [0.15, 0.2) is 30.1 Å². The summed E-state index contributed by atoms with van der Waals surface area (Å²) in [6.45, 7) is 2.55. The van der Waals surface area contributed by atoms with Crippen LogP contribution in [0, 0.1) is 0 Å². The summed E-state index contributed by atoms with van der Waals surface area (Å²) in [6.07, 6.45) is -1.30. The van der Waals surface area contributed by atoms with Gasteiger partial charge in [0.1, 0.15) is 6.67 Å². The molecule has 0 aromatic rings. The Hall–Kier alpha value is -2.16. The highest BCUT2D eigenvalue weighted by molar-refractivity contribution is 5.95. The Balaban J connectivity index is 2.14. The molecule has 0 saturated carbocycles. The fourth-order valence-electron chi connectivity index (χ4n) is 2.13. The van der Waals surface area contributed by atoms with Crippen LogP contribution in [-0.4, -0.2) is 54.4 Å². The van der Waals surface area contributed by atoms with Crippen LogP contribution >= 0.6 is 0 Å². The SMILES string of the molecule is CC(=O)OC1COC(N2C=C(F)C(N)=NC2)C1OC(C)=O. The molecule has 2 aliphatic rings. The maximum atomic E-state index is 13.5. The number of carbonyl (C=O) groups excluding carboxylic acids is 2. The van der Waals surface area contributed by atoms with E-state index in [2.05, 4.69) is 4.99 Å². The second-order valence-electron chi connectivity index (χ2n) is 4.62. The molecule has 3 unspecified atom stereocenters. The Kier molecular flexibility index (Phi) is 4.41.